The summed E-state index contributed by atoms with van der Waals surface area (Å²) < 4.78 is 13.6. The summed E-state index contributed by atoms with van der Waals surface area (Å²) in [5, 5.41) is 3.88. The molecule has 7 heteroatoms. The maximum Gasteiger partial charge on any atom is 0.243 e. The van der Waals surface area contributed by atoms with Gasteiger partial charge in [-0.1, -0.05) is 79.0 Å². The number of rotatable bonds is 11. The second-order valence-corrected chi connectivity index (χ2v) is 10.9. The van der Waals surface area contributed by atoms with Crippen molar-refractivity contribution in [2.24, 2.45) is 0 Å². The van der Waals surface area contributed by atoms with Crippen molar-refractivity contribution < 1.29 is 14.0 Å². The molecule has 1 aliphatic carbocycles. The van der Waals surface area contributed by atoms with Crippen molar-refractivity contribution in [3.63, 3.8) is 0 Å². The number of thioether (sulfide) groups is 1. The lowest BCUT2D eigenvalue weighted by Gasteiger charge is -2.32. The lowest BCUT2D eigenvalue weighted by molar-refractivity contribution is -0.139. The van der Waals surface area contributed by atoms with E-state index >= 15 is 0 Å². The molecule has 0 unspecified atom stereocenters. The average molecular weight is 539 g/mol. The summed E-state index contributed by atoms with van der Waals surface area (Å²) in [5.41, 5.74) is 2.84. The SMILES string of the molecule is O=C(NC1CCCC1)[C@@H](Cc1ccccc1)N(Cc1ccc(F)cc1)C(=O)CSCc1ccc(Cl)cc1. The van der Waals surface area contributed by atoms with Gasteiger partial charge in [-0.2, -0.15) is 0 Å². The van der Waals surface area contributed by atoms with Crippen molar-refractivity contribution >= 4 is 35.2 Å². The van der Waals surface area contributed by atoms with Gasteiger partial charge in [0.05, 0.1) is 5.75 Å². The molecule has 2 amide bonds. The van der Waals surface area contributed by atoms with Gasteiger partial charge in [-0.3, -0.25) is 9.59 Å². The average Bonchev–Trinajstić information content (AvgIpc) is 3.42. The fourth-order valence-corrected chi connectivity index (χ4v) is 5.62. The van der Waals surface area contributed by atoms with E-state index in [-0.39, 0.29) is 36.0 Å². The smallest absolute Gasteiger partial charge is 0.243 e. The molecule has 1 saturated carbocycles. The molecule has 1 N–H and O–H groups in total. The van der Waals surface area contributed by atoms with Crippen molar-refractivity contribution in [2.45, 2.75) is 56.5 Å². The quantitative estimate of drug-likeness (QED) is 0.307. The fraction of sp³-hybridized carbons (Fsp3) is 0.333. The highest BCUT2D eigenvalue weighted by Crippen LogP contribution is 2.22. The Kier molecular flexibility index (Phi) is 10.0. The van der Waals surface area contributed by atoms with Gasteiger partial charge >= 0.3 is 0 Å². The largest absolute Gasteiger partial charge is 0.352 e. The van der Waals surface area contributed by atoms with E-state index in [1.165, 1.54) is 23.9 Å². The molecule has 0 bridgehead atoms. The predicted octanol–water partition coefficient (Wildman–Crippen LogP) is 6.41. The second-order valence-electron chi connectivity index (χ2n) is 9.46. The van der Waals surface area contributed by atoms with E-state index in [9.17, 15) is 14.0 Å². The molecule has 37 heavy (non-hydrogen) atoms. The summed E-state index contributed by atoms with van der Waals surface area (Å²) in [6.45, 7) is 0.232. The van der Waals surface area contributed by atoms with Gasteiger partial charge in [0.1, 0.15) is 11.9 Å². The number of carbonyl (C=O) groups excluding carboxylic acids is 2. The Bertz CT molecular complexity index is 1150. The van der Waals surface area contributed by atoms with Crippen LogP contribution in [0.15, 0.2) is 78.9 Å². The van der Waals surface area contributed by atoms with Crippen LogP contribution in [0.25, 0.3) is 0 Å². The third kappa shape index (κ3) is 8.34. The lowest BCUT2D eigenvalue weighted by atomic mass is 10.0. The van der Waals surface area contributed by atoms with Gasteiger partial charge in [-0.05, 0) is 53.8 Å². The first-order valence-corrected chi connectivity index (χ1v) is 14.2. The highest BCUT2D eigenvalue weighted by molar-refractivity contribution is 7.99. The van der Waals surface area contributed by atoms with Crippen LogP contribution in [-0.4, -0.2) is 34.6 Å². The first-order chi connectivity index (χ1) is 18.0. The number of benzene rings is 3. The summed E-state index contributed by atoms with van der Waals surface area (Å²) in [4.78, 5) is 29.0. The minimum Gasteiger partial charge on any atom is -0.352 e. The molecule has 3 aromatic rings. The Hall–Kier alpha value is -2.83. The molecule has 0 heterocycles. The zero-order valence-electron chi connectivity index (χ0n) is 20.7. The third-order valence-electron chi connectivity index (χ3n) is 6.65. The lowest BCUT2D eigenvalue weighted by Crippen LogP contribution is -2.52. The van der Waals surface area contributed by atoms with Crippen molar-refractivity contribution in [1.29, 1.82) is 0 Å². The van der Waals surface area contributed by atoms with Crippen molar-refractivity contribution in [3.05, 3.63) is 106 Å². The molecule has 0 aliphatic heterocycles. The summed E-state index contributed by atoms with van der Waals surface area (Å²) in [7, 11) is 0. The highest BCUT2D eigenvalue weighted by Gasteiger charge is 2.32. The monoisotopic (exact) mass is 538 g/mol. The number of amides is 2. The minimum atomic E-state index is -0.670. The van der Waals surface area contributed by atoms with Gasteiger partial charge in [-0.15, -0.1) is 11.8 Å². The molecule has 0 radical (unpaired) electrons. The van der Waals surface area contributed by atoms with Crippen LogP contribution in [0.1, 0.15) is 42.4 Å². The number of hydrogen-bond acceptors (Lipinski definition) is 3. The molecule has 1 aliphatic rings. The molecule has 1 atom stereocenters. The maximum absolute atomic E-state index is 13.7. The highest BCUT2D eigenvalue weighted by atomic mass is 35.5. The second kappa shape index (κ2) is 13.6. The number of nitrogens with one attached hydrogen (secondary N) is 1. The first kappa shape index (κ1) is 27.2. The normalized spacial score (nSPS) is 14.3. The van der Waals surface area contributed by atoms with Crippen molar-refractivity contribution in [3.8, 4) is 0 Å². The van der Waals surface area contributed by atoms with Crippen LogP contribution in [0.2, 0.25) is 5.02 Å². The van der Waals surface area contributed by atoms with Gasteiger partial charge < -0.3 is 10.2 Å². The van der Waals surface area contributed by atoms with Gasteiger partial charge in [0.2, 0.25) is 11.8 Å². The summed E-state index contributed by atoms with van der Waals surface area (Å²) >= 11 is 7.49. The molecule has 0 saturated heterocycles. The molecule has 0 spiro atoms. The van der Waals surface area contributed by atoms with Crippen LogP contribution in [0.5, 0.6) is 0 Å². The zero-order chi connectivity index (χ0) is 26.0. The van der Waals surface area contributed by atoms with Crippen molar-refractivity contribution in [2.75, 3.05) is 5.75 Å². The number of nitrogens with zero attached hydrogens (tertiary/aromatic N) is 1. The maximum atomic E-state index is 13.7. The van der Waals surface area contributed by atoms with Gasteiger partial charge in [0.25, 0.3) is 0 Å². The Morgan fingerprint density at radius 1 is 0.919 bits per heavy atom. The minimum absolute atomic E-state index is 0.120. The summed E-state index contributed by atoms with van der Waals surface area (Å²) in [6, 6.07) is 22.9. The molecule has 194 valence electrons. The molecule has 0 aromatic heterocycles. The van der Waals surface area contributed by atoms with E-state index in [1.54, 1.807) is 17.0 Å². The molecular formula is C30H32ClFN2O2S. The van der Waals surface area contributed by atoms with Crippen LogP contribution in [0.4, 0.5) is 4.39 Å². The van der Waals surface area contributed by atoms with E-state index in [0.29, 0.717) is 17.2 Å². The van der Waals surface area contributed by atoms with E-state index in [2.05, 4.69) is 5.32 Å². The topological polar surface area (TPSA) is 49.4 Å². The van der Waals surface area contributed by atoms with E-state index in [1.807, 2.05) is 54.6 Å². The van der Waals surface area contributed by atoms with Crippen LogP contribution < -0.4 is 5.32 Å². The Balaban J connectivity index is 1.55. The van der Waals surface area contributed by atoms with Crippen LogP contribution >= 0.6 is 23.4 Å². The van der Waals surface area contributed by atoms with Crippen LogP contribution in [0.3, 0.4) is 0 Å². The zero-order valence-corrected chi connectivity index (χ0v) is 22.3. The third-order valence-corrected chi connectivity index (χ3v) is 7.89. The van der Waals surface area contributed by atoms with Crippen LogP contribution in [-0.2, 0) is 28.3 Å². The summed E-state index contributed by atoms with van der Waals surface area (Å²) in [6.07, 6.45) is 4.55. The fourth-order valence-electron chi connectivity index (χ4n) is 4.63. The van der Waals surface area contributed by atoms with Crippen LogP contribution in [0, 0.1) is 5.82 Å². The first-order valence-electron chi connectivity index (χ1n) is 12.7. The molecule has 4 rings (SSSR count). The summed E-state index contributed by atoms with van der Waals surface area (Å²) in [5.74, 6) is 0.302. The molecular weight excluding hydrogens is 507 g/mol. The molecule has 4 nitrogen and oxygen atoms in total. The van der Waals surface area contributed by atoms with E-state index in [0.717, 1.165) is 42.4 Å². The van der Waals surface area contributed by atoms with E-state index < -0.39 is 6.04 Å². The Labute approximate surface area is 227 Å². The standard InChI is InChI=1S/C30H32ClFN2O2S/c31-25-14-10-24(11-15-25)20-37-21-29(35)34(19-23-12-16-26(32)17-13-23)28(18-22-6-2-1-3-7-22)30(36)33-27-8-4-5-9-27/h1-3,6-7,10-17,27-28H,4-5,8-9,18-21H2,(H,33,36)/t28-/m1/s1. The Morgan fingerprint density at radius 3 is 2.24 bits per heavy atom. The Morgan fingerprint density at radius 2 is 1.57 bits per heavy atom. The number of hydrogen-bond donors (Lipinski definition) is 1. The predicted molar refractivity (Wildman–Crippen MR) is 149 cm³/mol. The number of halogens is 2. The van der Waals surface area contributed by atoms with Gasteiger partial charge in [0.15, 0.2) is 0 Å². The van der Waals surface area contributed by atoms with Gasteiger partial charge in [0, 0.05) is 29.8 Å². The van der Waals surface area contributed by atoms with Crippen molar-refractivity contribution in [1.82, 2.24) is 10.2 Å². The van der Waals surface area contributed by atoms with Gasteiger partial charge in [-0.25, -0.2) is 4.39 Å². The number of carbonyl (C=O) groups is 2. The van der Waals surface area contributed by atoms with E-state index in [4.69, 9.17) is 11.6 Å². The molecule has 1 fully saturated rings. The molecule has 3 aromatic carbocycles.